The number of hydrogen-bond donors (Lipinski definition) is 0. The summed E-state index contributed by atoms with van der Waals surface area (Å²) in [5.74, 6) is -40.4. The van der Waals surface area contributed by atoms with E-state index in [0.29, 0.717) is 6.42 Å². The van der Waals surface area contributed by atoms with Crippen molar-refractivity contribution in [3.8, 4) is 0 Å². The summed E-state index contributed by atoms with van der Waals surface area (Å²) in [4.78, 5) is 12.3. The topological polar surface area (TPSA) is 20.3 Å². The van der Waals surface area contributed by atoms with Gasteiger partial charge in [0.25, 0.3) is 0 Å². The number of alkyl halides is 13. The standard InChI is InChI=1S/C19H24F13NO/c1-4-6-7-9-12(10-8-11-33(3)13(34)5-2)14(20,21)15(22,23)16(24,25)17(26,27)18(28,29)19(30,31)32/h5,12H,2,4,6-11H2,1,3H3. The van der Waals surface area contributed by atoms with E-state index in [9.17, 15) is 61.9 Å². The minimum Gasteiger partial charge on any atom is -0.342 e. The minimum atomic E-state index is -7.91. The molecule has 2 nitrogen and oxygen atoms in total. The zero-order chi connectivity index (χ0) is 27.4. The summed E-state index contributed by atoms with van der Waals surface area (Å²) < 4.78 is 175. The Kier molecular flexibility index (Phi) is 10.4. The SMILES string of the molecule is C=CC(=O)N(C)CCCC(CCCCC)C(F)(F)C(F)(F)C(F)(F)C(F)(F)C(F)(F)C(F)(F)F. The highest BCUT2D eigenvalue weighted by Crippen LogP contribution is 2.61. The van der Waals surface area contributed by atoms with E-state index < -0.39 is 66.9 Å². The molecule has 0 aromatic heterocycles. The van der Waals surface area contributed by atoms with Crippen molar-refractivity contribution in [3.63, 3.8) is 0 Å². The molecule has 0 aliphatic heterocycles. The molecule has 34 heavy (non-hydrogen) atoms. The van der Waals surface area contributed by atoms with Crippen molar-refractivity contribution in [1.82, 2.24) is 4.90 Å². The van der Waals surface area contributed by atoms with Crippen LogP contribution in [0.1, 0.15) is 45.4 Å². The molecule has 15 heteroatoms. The highest BCUT2D eigenvalue weighted by molar-refractivity contribution is 5.86. The van der Waals surface area contributed by atoms with Gasteiger partial charge < -0.3 is 4.90 Å². The summed E-state index contributed by atoms with van der Waals surface area (Å²) in [6, 6.07) is 0. The lowest BCUT2D eigenvalue weighted by Gasteiger charge is -2.42. The van der Waals surface area contributed by atoms with Gasteiger partial charge in [-0.3, -0.25) is 4.79 Å². The Labute approximate surface area is 187 Å². The first-order valence-electron chi connectivity index (χ1n) is 9.91. The predicted octanol–water partition coefficient (Wildman–Crippen LogP) is 7.35. The third-order valence-corrected chi connectivity index (χ3v) is 5.22. The van der Waals surface area contributed by atoms with Gasteiger partial charge in [0, 0.05) is 19.5 Å². The van der Waals surface area contributed by atoms with Crippen molar-refractivity contribution in [2.75, 3.05) is 13.6 Å². The average Bonchev–Trinajstić information content (AvgIpc) is 2.70. The molecule has 0 aliphatic rings. The summed E-state index contributed by atoms with van der Waals surface area (Å²) in [7, 11) is 1.15. The smallest absolute Gasteiger partial charge is 0.342 e. The van der Waals surface area contributed by atoms with Crippen LogP contribution in [-0.2, 0) is 4.79 Å². The number of halogens is 13. The van der Waals surface area contributed by atoms with Crippen molar-refractivity contribution in [2.24, 2.45) is 5.92 Å². The summed E-state index contributed by atoms with van der Waals surface area (Å²) in [5, 5.41) is 0. The maximum absolute atomic E-state index is 14.6. The van der Waals surface area contributed by atoms with Crippen LogP contribution in [-0.4, -0.2) is 60.2 Å². The number of rotatable bonds is 14. The monoisotopic (exact) mass is 529 g/mol. The Morgan fingerprint density at radius 3 is 1.62 bits per heavy atom. The number of carbonyl (C=O) groups excluding carboxylic acids is 1. The molecular formula is C19H24F13NO. The third kappa shape index (κ3) is 5.92. The van der Waals surface area contributed by atoms with E-state index in [0.717, 1.165) is 18.0 Å². The zero-order valence-corrected chi connectivity index (χ0v) is 18.1. The van der Waals surface area contributed by atoms with E-state index in [4.69, 9.17) is 0 Å². The van der Waals surface area contributed by atoms with Gasteiger partial charge in [0.15, 0.2) is 0 Å². The molecule has 1 unspecified atom stereocenters. The van der Waals surface area contributed by atoms with Gasteiger partial charge in [0.2, 0.25) is 5.91 Å². The number of nitrogens with zero attached hydrogens (tertiary/aromatic N) is 1. The Morgan fingerprint density at radius 1 is 0.765 bits per heavy atom. The zero-order valence-electron chi connectivity index (χ0n) is 18.1. The molecule has 0 aromatic rings. The fourth-order valence-electron chi connectivity index (χ4n) is 3.03. The van der Waals surface area contributed by atoms with Gasteiger partial charge in [-0.1, -0.05) is 32.8 Å². The van der Waals surface area contributed by atoms with Gasteiger partial charge in [-0.2, -0.15) is 57.1 Å². The summed E-state index contributed by atoms with van der Waals surface area (Å²) in [5.41, 5.74) is 0. The number of hydrogen-bond acceptors (Lipinski definition) is 1. The maximum atomic E-state index is 14.6. The normalized spacial score (nSPS) is 15.3. The second kappa shape index (κ2) is 10.9. The first kappa shape index (κ1) is 32.3. The molecule has 0 aromatic carbocycles. The molecule has 0 fully saturated rings. The van der Waals surface area contributed by atoms with Crippen molar-refractivity contribution in [2.45, 2.75) is 81.2 Å². The van der Waals surface area contributed by atoms with Crippen LogP contribution in [0.3, 0.4) is 0 Å². The molecule has 0 bridgehead atoms. The van der Waals surface area contributed by atoms with Crippen LogP contribution in [0.15, 0.2) is 12.7 Å². The Bertz CT molecular complexity index is 688. The van der Waals surface area contributed by atoms with Crippen LogP contribution in [0.4, 0.5) is 57.1 Å². The lowest BCUT2D eigenvalue weighted by molar-refractivity contribution is -0.443. The number of unbranched alkanes of at least 4 members (excludes halogenated alkanes) is 2. The van der Waals surface area contributed by atoms with Crippen LogP contribution in [0.25, 0.3) is 0 Å². The Morgan fingerprint density at radius 2 is 1.21 bits per heavy atom. The molecule has 0 saturated carbocycles. The highest BCUT2D eigenvalue weighted by atomic mass is 19.4. The van der Waals surface area contributed by atoms with Crippen molar-refractivity contribution in [1.29, 1.82) is 0 Å². The summed E-state index contributed by atoms with van der Waals surface area (Å²) >= 11 is 0. The molecule has 0 N–H and O–H groups in total. The Balaban J connectivity index is 6.17. The first-order valence-corrected chi connectivity index (χ1v) is 9.91. The number of amides is 1. The van der Waals surface area contributed by atoms with Crippen LogP contribution in [0, 0.1) is 5.92 Å². The first-order chi connectivity index (χ1) is 15.1. The van der Waals surface area contributed by atoms with Gasteiger partial charge in [-0.15, -0.1) is 0 Å². The average molecular weight is 529 g/mol. The third-order valence-electron chi connectivity index (χ3n) is 5.22. The van der Waals surface area contributed by atoms with E-state index in [1.165, 1.54) is 0 Å². The van der Waals surface area contributed by atoms with Crippen LogP contribution in [0.2, 0.25) is 0 Å². The fourth-order valence-corrected chi connectivity index (χ4v) is 3.03. The van der Waals surface area contributed by atoms with Crippen molar-refractivity contribution >= 4 is 5.91 Å². The number of carbonyl (C=O) groups is 1. The highest BCUT2D eigenvalue weighted by Gasteiger charge is 2.91. The van der Waals surface area contributed by atoms with E-state index in [1.807, 2.05) is 0 Å². The lowest BCUT2D eigenvalue weighted by Crippen LogP contribution is -2.71. The number of likely N-dealkylation sites (N-methyl/N-ethyl adjacent to an activating group) is 1. The molecule has 0 aliphatic carbocycles. The quantitative estimate of drug-likeness (QED) is 0.131. The van der Waals surface area contributed by atoms with Crippen LogP contribution >= 0.6 is 0 Å². The maximum Gasteiger partial charge on any atom is 0.460 e. The van der Waals surface area contributed by atoms with Gasteiger partial charge in [0.05, 0.1) is 0 Å². The molecular weight excluding hydrogens is 505 g/mol. The van der Waals surface area contributed by atoms with Crippen LogP contribution < -0.4 is 0 Å². The van der Waals surface area contributed by atoms with Crippen molar-refractivity contribution in [3.05, 3.63) is 12.7 Å². The van der Waals surface area contributed by atoms with E-state index in [1.54, 1.807) is 6.92 Å². The summed E-state index contributed by atoms with van der Waals surface area (Å²) in [6.07, 6.45) is -9.00. The molecule has 0 saturated heterocycles. The van der Waals surface area contributed by atoms with Crippen LogP contribution in [0.5, 0.6) is 0 Å². The molecule has 0 rings (SSSR count). The van der Waals surface area contributed by atoms with E-state index in [2.05, 4.69) is 6.58 Å². The van der Waals surface area contributed by atoms with E-state index in [-0.39, 0.29) is 19.4 Å². The second-order valence-corrected chi connectivity index (χ2v) is 7.72. The van der Waals surface area contributed by atoms with Gasteiger partial charge in [-0.25, -0.2) is 0 Å². The predicted molar refractivity (Wildman–Crippen MR) is 95.5 cm³/mol. The van der Waals surface area contributed by atoms with Gasteiger partial charge >= 0.3 is 35.8 Å². The van der Waals surface area contributed by atoms with Gasteiger partial charge in [-0.05, 0) is 25.3 Å². The Hall–Kier alpha value is -1.70. The molecule has 0 radical (unpaired) electrons. The molecule has 0 heterocycles. The fraction of sp³-hybridized carbons (Fsp3) is 0.842. The van der Waals surface area contributed by atoms with Crippen molar-refractivity contribution < 1.29 is 61.9 Å². The lowest BCUT2D eigenvalue weighted by atomic mass is 9.82. The second-order valence-electron chi connectivity index (χ2n) is 7.72. The van der Waals surface area contributed by atoms with Gasteiger partial charge in [0.1, 0.15) is 0 Å². The molecule has 1 amide bonds. The van der Waals surface area contributed by atoms with E-state index >= 15 is 0 Å². The minimum absolute atomic E-state index is 0.117. The molecule has 0 spiro atoms. The summed E-state index contributed by atoms with van der Waals surface area (Å²) in [6.45, 7) is 4.29. The molecule has 1 atom stereocenters. The largest absolute Gasteiger partial charge is 0.460 e. The molecule has 202 valence electrons.